The molecule has 0 heterocycles. The van der Waals surface area contributed by atoms with Gasteiger partial charge in [0, 0.05) is 13.0 Å². The summed E-state index contributed by atoms with van der Waals surface area (Å²) in [5.41, 5.74) is 0.805. The standard InChI is InChI=1S/C14H18ClNO5/c1-2-21-11-8-9(7-10(15)14(11)20)5-6-16-12(17)3-4-13(18)19/h7-8,20H,2-6H2,1H3,(H,16,17)(H,18,19). The number of aromatic hydroxyl groups is 1. The number of aliphatic carboxylic acids is 1. The molecule has 0 unspecified atom stereocenters. The van der Waals surface area contributed by atoms with Gasteiger partial charge in [0.05, 0.1) is 18.1 Å². The lowest BCUT2D eigenvalue weighted by Crippen LogP contribution is -2.26. The number of carbonyl (C=O) groups excluding carboxylic acids is 1. The summed E-state index contributed by atoms with van der Waals surface area (Å²) in [5, 5.41) is 21.0. The fourth-order valence-corrected chi connectivity index (χ4v) is 1.93. The number of ether oxygens (including phenoxy) is 1. The van der Waals surface area contributed by atoms with E-state index in [2.05, 4.69) is 5.32 Å². The van der Waals surface area contributed by atoms with E-state index >= 15 is 0 Å². The topological polar surface area (TPSA) is 95.9 Å². The summed E-state index contributed by atoms with van der Waals surface area (Å²) in [6.45, 7) is 2.55. The number of carboxylic acids is 1. The molecule has 6 nitrogen and oxygen atoms in total. The van der Waals surface area contributed by atoms with E-state index in [9.17, 15) is 14.7 Å². The van der Waals surface area contributed by atoms with Crippen molar-refractivity contribution in [3.8, 4) is 11.5 Å². The third-order valence-corrected chi connectivity index (χ3v) is 2.98. The van der Waals surface area contributed by atoms with Crippen molar-refractivity contribution in [3.63, 3.8) is 0 Å². The van der Waals surface area contributed by atoms with Gasteiger partial charge >= 0.3 is 5.97 Å². The van der Waals surface area contributed by atoms with Gasteiger partial charge in [-0.2, -0.15) is 0 Å². The van der Waals surface area contributed by atoms with Crippen LogP contribution >= 0.6 is 11.6 Å². The molecular formula is C14H18ClNO5. The molecule has 7 heteroatoms. The molecule has 0 aliphatic carbocycles. The van der Waals surface area contributed by atoms with E-state index in [-0.39, 0.29) is 29.5 Å². The van der Waals surface area contributed by atoms with Gasteiger partial charge in [-0.25, -0.2) is 0 Å². The quantitative estimate of drug-likeness (QED) is 0.681. The van der Waals surface area contributed by atoms with E-state index in [0.717, 1.165) is 5.56 Å². The summed E-state index contributed by atoms with van der Waals surface area (Å²) < 4.78 is 5.26. The van der Waals surface area contributed by atoms with Gasteiger partial charge in [-0.15, -0.1) is 0 Å². The number of hydrogen-bond donors (Lipinski definition) is 3. The number of phenols is 1. The van der Waals surface area contributed by atoms with Gasteiger partial charge in [-0.1, -0.05) is 11.6 Å². The van der Waals surface area contributed by atoms with Gasteiger partial charge in [-0.3, -0.25) is 9.59 Å². The molecule has 0 saturated heterocycles. The average molecular weight is 316 g/mol. The number of carboxylic acid groups (broad SMARTS) is 1. The van der Waals surface area contributed by atoms with Crippen molar-refractivity contribution >= 4 is 23.5 Å². The molecule has 1 rings (SSSR count). The number of phenolic OH excluding ortho intramolecular Hbond substituents is 1. The SMILES string of the molecule is CCOc1cc(CCNC(=O)CCC(=O)O)cc(Cl)c1O. The molecule has 0 atom stereocenters. The number of nitrogens with one attached hydrogen (secondary N) is 1. The maximum atomic E-state index is 11.4. The van der Waals surface area contributed by atoms with E-state index in [1.807, 2.05) is 0 Å². The number of rotatable bonds is 8. The summed E-state index contributed by atoms with van der Waals surface area (Å²) >= 11 is 5.90. The third kappa shape index (κ3) is 5.91. The molecule has 1 amide bonds. The third-order valence-electron chi connectivity index (χ3n) is 2.69. The van der Waals surface area contributed by atoms with E-state index in [1.165, 1.54) is 0 Å². The zero-order chi connectivity index (χ0) is 15.8. The van der Waals surface area contributed by atoms with Crippen molar-refractivity contribution in [1.82, 2.24) is 5.32 Å². The van der Waals surface area contributed by atoms with Crippen LogP contribution in [-0.4, -0.2) is 35.2 Å². The van der Waals surface area contributed by atoms with E-state index < -0.39 is 5.97 Å². The highest BCUT2D eigenvalue weighted by Crippen LogP contribution is 2.35. The van der Waals surface area contributed by atoms with Crippen LogP contribution in [0.1, 0.15) is 25.3 Å². The molecule has 0 fully saturated rings. The molecular weight excluding hydrogens is 298 g/mol. The van der Waals surface area contributed by atoms with Crippen molar-refractivity contribution < 1.29 is 24.5 Å². The van der Waals surface area contributed by atoms with Crippen LogP contribution in [0, 0.1) is 0 Å². The summed E-state index contributed by atoms with van der Waals surface area (Å²) in [5.74, 6) is -1.12. The minimum Gasteiger partial charge on any atom is -0.503 e. The number of hydrogen-bond acceptors (Lipinski definition) is 4. The van der Waals surface area contributed by atoms with Gasteiger partial charge < -0.3 is 20.3 Å². The molecule has 0 aromatic heterocycles. The van der Waals surface area contributed by atoms with Crippen molar-refractivity contribution in [3.05, 3.63) is 22.7 Å². The molecule has 0 spiro atoms. The maximum Gasteiger partial charge on any atom is 0.303 e. The van der Waals surface area contributed by atoms with Gasteiger partial charge in [-0.05, 0) is 31.0 Å². The Kier molecular flexibility index (Phi) is 6.81. The number of carbonyl (C=O) groups is 2. The lowest BCUT2D eigenvalue weighted by atomic mass is 10.1. The molecule has 0 saturated carbocycles. The van der Waals surface area contributed by atoms with Crippen LogP contribution in [0.3, 0.4) is 0 Å². The van der Waals surface area contributed by atoms with Crippen molar-refractivity contribution in [2.45, 2.75) is 26.2 Å². The predicted molar refractivity (Wildman–Crippen MR) is 77.9 cm³/mol. The normalized spacial score (nSPS) is 10.2. The van der Waals surface area contributed by atoms with Crippen molar-refractivity contribution in [2.24, 2.45) is 0 Å². The second-order valence-electron chi connectivity index (χ2n) is 4.35. The van der Waals surface area contributed by atoms with Crippen LogP contribution < -0.4 is 10.1 Å². The summed E-state index contributed by atoms with van der Waals surface area (Å²) in [6.07, 6.45) is 0.264. The highest BCUT2D eigenvalue weighted by Gasteiger charge is 2.10. The van der Waals surface area contributed by atoms with Crippen LogP contribution in [0.5, 0.6) is 11.5 Å². The number of benzene rings is 1. The largest absolute Gasteiger partial charge is 0.503 e. The smallest absolute Gasteiger partial charge is 0.303 e. The zero-order valence-electron chi connectivity index (χ0n) is 11.7. The lowest BCUT2D eigenvalue weighted by molar-refractivity contribution is -0.138. The first kappa shape index (κ1) is 17.1. The van der Waals surface area contributed by atoms with Crippen LogP contribution in [0.15, 0.2) is 12.1 Å². The first-order valence-electron chi connectivity index (χ1n) is 6.56. The zero-order valence-corrected chi connectivity index (χ0v) is 12.4. The molecule has 0 aliphatic heterocycles. The van der Waals surface area contributed by atoms with Gasteiger partial charge in [0.15, 0.2) is 11.5 Å². The number of amides is 1. The van der Waals surface area contributed by atoms with Crippen LogP contribution in [-0.2, 0) is 16.0 Å². The monoisotopic (exact) mass is 315 g/mol. The lowest BCUT2D eigenvalue weighted by Gasteiger charge is -2.10. The van der Waals surface area contributed by atoms with E-state index in [1.54, 1.807) is 19.1 Å². The Bertz CT molecular complexity index is 518. The fourth-order valence-electron chi connectivity index (χ4n) is 1.69. The molecule has 1 aromatic carbocycles. The van der Waals surface area contributed by atoms with Gasteiger partial charge in [0.25, 0.3) is 0 Å². The first-order chi connectivity index (χ1) is 9.93. The maximum absolute atomic E-state index is 11.4. The second-order valence-corrected chi connectivity index (χ2v) is 4.76. The molecule has 0 radical (unpaired) electrons. The second kappa shape index (κ2) is 8.36. The Morgan fingerprint density at radius 2 is 2.05 bits per heavy atom. The molecule has 1 aromatic rings. The molecule has 116 valence electrons. The summed E-state index contributed by atoms with van der Waals surface area (Å²) in [7, 11) is 0. The van der Waals surface area contributed by atoms with Crippen LogP contribution in [0.2, 0.25) is 5.02 Å². The van der Waals surface area contributed by atoms with Gasteiger partial charge in [0.1, 0.15) is 0 Å². The Morgan fingerprint density at radius 1 is 1.33 bits per heavy atom. The van der Waals surface area contributed by atoms with E-state index in [0.29, 0.717) is 25.3 Å². The van der Waals surface area contributed by atoms with Crippen molar-refractivity contribution in [1.29, 1.82) is 0 Å². The molecule has 0 bridgehead atoms. The highest BCUT2D eigenvalue weighted by molar-refractivity contribution is 6.32. The minimum atomic E-state index is -1.00. The van der Waals surface area contributed by atoms with E-state index in [4.69, 9.17) is 21.4 Å². The summed E-state index contributed by atoms with van der Waals surface area (Å²) in [4.78, 5) is 21.7. The van der Waals surface area contributed by atoms with Crippen molar-refractivity contribution in [2.75, 3.05) is 13.2 Å². The Labute approximate surface area is 127 Å². The molecule has 3 N–H and O–H groups in total. The average Bonchev–Trinajstić information content (AvgIpc) is 2.42. The fraction of sp³-hybridized carbons (Fsp3) is 0.429. The Hall–Kier alpha value is -1.95. The molecule has 21 heavy (non-hydrogen) atoms. The van der Waals surface area contributed by atoms with Crippen LogP contribution in [0.25, 0.3) is 0 Å². The minimum absolute atomic E-state index is 0.0458. The molecule has 0 aliphatic rings. The summed E-state index contributed by atoms with van der Waals surface area (Å²) in [6, 6.07) is 3.26. The predicted octanol–water partition coefficient (Wildman–Crippen LogP) is 1.97. The highest BCUT2D eigenvalue weighted by atomic mass is 35.5. The van der Waals surface area contributed by atoms with Crippen LogP contribution in [0.4, 0.5) is 0 Å². The number of halogens is 1. The Balaban J connectivity index is 2.52. The first-order valence-corrected chi connectivity index (χ1v) is 6.94. The Morgan fingerprint density at radius 3 is 2.67 bits per heavy atom. The van der Waals surface area contributed by atoms with Gasteiger partial charge in [0.2, 0.25) is 5.91 Å².